The molecule has 2 aliphatic carbocycles. The van der Waals surface area contributed by atoms with Crippen LogP contribution in [0, 0.1) is 29.6 Å². The van der Waals surface area contributed by atoms with Gasteiger partial charge in [-0.05, 0) is 68.1 Å². The fourth-order valence-corrected chi connectivity index (χ4v) is 6.55. The number of aromatic nitrogens is 1. The summed E-state index contributed by atoms with van der Waals surface area (Å²) in [6.45, 7) is 8.70. The van der Waals surface area contributed by atoms with Gasteiger partial charge in [0.15, 0.2) is 0 Å². The zero-order valence-electron chi connectivity index (χ0n) is 19.7. The van der Waals surface area contributed by atoms with Crippen molar-refractivity contribution >= 4 is 23.2 Å². The third-order valence-corrected chi connectivity index (χ3v) is 8.24. The van der Waals surface area contributed by atoms with E-state index >= 15 is 0 Å². The molecule has 0 radical (unpaired) electrons. The van der Waals surface area contributed by atoms with Crippen molar-refractivity contribution in [2.45, 2.75) is 97.6 Å². The lowest BCUT2D eigenvalue weighted by Crippen LogP contribution is -2.42. The van der Waals surface area contributed by atoms with Crippen molar-refractivity contribution in [1.29, 1.82) is 0 Å². The summed E-state index contributed by atoms with van der Waals surface area (Å²) in [6, 6.07) is 0.634. The second-order valence-electron chi connectivity index (χ2n) is 10.5. The Labute approximate surface area is 192 Å². The molecule has 1 aromatic heterocycles. The highest BCUT2D eigenvalue weighted by atomic mass is 32.1. The van der Waals surface area contributed by atoms with Gasteiger partial charge in [-0.1, -0.05) is 33.6 Å². The maximum absolute atomic E-state index is 12.4. The van der Waals surface area contributed by atoms with E-state index in [1.807, 2.05) is 5.38 Å². The van der Waals surface area contributed by atoms with E-state index in [0.29, 0.717) is 48.1 Å². The molecule has 0 aromatic carbocycles. The Morgan fingerprint density at radius 3 is 2.52 bits per heavy atom. The van der Waals surface area contributed by atoms with Gasteiger partial charge in [0.1, 0.15) is 0 Å². The van der Waals surface area contributed by atoms with E-state index < -0.39 is 0 Å². The third kappa shape index (κ3) is 7.58. The number of nitrogens with one attached hydrogen (secondary N) is 2. The molecule has 2 N–H and O–H groups in total. The first-order valence-electron chi connectivity index (χ1n) is 12.2. The molecule has 2 fully saturated rings. The van der Waals surface area contributed by atoms with Crippen molar-refractivity contribution in [3.05, 3.63) is 16.6 Å². The quantitative estimate of drug-likeness (QED) is 0.591. The molecule has 174 valence electrons. The third-order valence-electron chi connectivity index (χ3n) is 7.61. The van der Waals surface area contributed by atoms with Gasteiger partial charge in [-0.3, -0.25) is 9.59 Å². The van der Waals surface area contributed by atoms with Crippen molar-refractivity contribution < 1.29 is 9.59 Å². The average Bonchev–Trinajstić information content (AvgIpc) is 3.20. The van der Waals surface area contributed by atoms with Crippen LogP contribution in [-0.4, -0.2) is 28.9 Å². The maximum atomic E-state index is 12.4. The van der Waals surface area contributed by atoms with Crippen LogP contribution >= 0.6 is 11.3 Å². The Kier molecular flexibility index (Phi) is 8.94. The first-order valence-corrected chi connectivity index (χ1v) is 13.2. The van der Waals surface area contributed by atoms with Crippen molar-refractivity contribution in [2.75, 3.05) is 0 Å². The van der Waals surface area contributed by atoms with E-state index in [1.54, 1.807) is 12.4 Å². The molecule has 2 saturated carbocycles. The van der Waals surface area contributed by atoms with Crippen LogP contribution < -0.4 is 10.6 Å². The molecule has 0 bridgehead atoms. The summed E-state index contributed by atoms with van der Waals surface area (Å²) < 4.78 is 0. The standard InChI is InChI=1S/C25H41N3O2S/c1-16(2)21-9-19(10-23(12-21)27-18(4)29)8-17(3)20-6-5-7-22(11-20)28-25(30)13-24-14-31-15-26-24/h14-17,19-23H,5-13H2,1-4H3,(H,27,29)(H,28,30)/t17?,19?,20-,21+,22+,23+/m0/s1. The molecule has 6 atom stereocenters. The number of amides is 2. The van der Waals surface area contributed by atoms with Crippen LogP contribution in [-0.2, 0) is 16.0 Å². The molecular formula is C25H41N3O2S. The SMILES string of the molecule is CC(=O)N[C@@H]1CC(CC(C)[C@H]2CCC[C@@H](NC(=O)Cc3cscn3)C2)C[C@@H](C(C)C)C1. The van der Waals surface area contributed by atoms with Crippen LogP contribution in [0.4, 0.5) is 0 Å². The monoisotopic (exact) mass is 447 g/mol. The van der Waals surface area contributed by atoms with Crippen LogP contribution in [0.3, 0.4) is 0 Å². The van der Waals surface area contributed by atoms with Gasteiger partial charge in [0.05, 0.1) is 17.6 Å². The molecule has 1 heterocycles. The lowest BCUT2D eigenvalue weighted by atomic mass is 9.68. The minimum Gasteiger partial charge on any atom is -0.354 e. The fourth-order valence-electron chi connectivity index (χ4n) is 5.99. The van der Waals surface area contributed by atoms with E-state index in [1.165, 1.54) is 37.0 Å². The number of thiazole rings is 1. The number of carbonyl (C=O) groups is 2. The molecule has 2 unspecified atom stereocenters. The Hall–Kier alpha value is -1.43. The molecule has 2 aliphatic rings. The Morgan fingerprint density at radius 2 is 1.84 bits per heavy atom. The van der Waals surface area contributed by atoms with Crippen molar-refractivity contribution in [3.63, 3.8) is 0 Å². The van der Waals surface area contributed by atoms with Gasteiger partial charge in [-0.2, -0.15) is 0 Å². The lowest BCUT2D eigenvalue weighted by molar-refractivity contribution is -0.122. The zero-order valence-corrected chi connectivity index (χ0v) is 20.5. The highest BCUT2D eigenvalue weighted by Gasteiger charge is 2.34. The van der Waals surface area contributed by atoms with Gasteiger partial charge >= 0.3 is 0 Å². The zero-order chi connectivity index (χ0) is 22.4. The topological polar surface area (TPSA) is 71.1 Å². The fraction of sp³-hybridized carbons (Fsp3) is 0.800. The Balaban J connectivity index is 1.50. The van der Waals surface area contributed by atoms with Gasteiger partial charge in [0.2, 0.25) is 11.8 Å². The summed E-state index contributed by atoms with van der Waals surface area (Å²) in [5.74, 6) is 3.60. The highest BCUT2D eigenvalue weighted by Crippen LogP contribution is 2.40. The van der Waals surface area contributed by atoms with E-state index in [-0.39, 0.29) is 11.8 Å². The minimum atomic E-state index is 0.102. The number of hydrogen-bond acceptors (Lipinski definition) is 4. The van der Waals surface area contributed by atoms with Gasteiger partial charge in [-0.25, -0.2) is 4.98 Å². The van der Waals surface area contributed by atoms with Crippen molar-refractivity contribution in [1.82, 2.24) is 15.6 Å². The first kappa shape index (κ1) is 24.2. The molecule has 0 aliphatic heterocycles. The summed E-state index contributed by atoms with van der Waals surface area (Å²) in [6.07, 6.45) is 9.83. The number of rotatable bonds is 8. The Morgan fingerprint density at radius 1 is 1.06 bits per heavy atom. The van der Waals surface area contributed by atoms with Crippen LogP contribution in [0.1, 0.15) is 84.8 Å². The second-order valence-corrected chi connectivity index (χ2v) is 11.3. The largest absolute Gasteiger partial charge is 0.354 e. The van der Waals surface area contributed by atoms with Gasteiger partial charge in [0.25, 0.3) is 0 Å². The predicted molar refractivity (Wildman–Crippen MR) is 127 cm³/mol. The molecule has 1 aromatic rings. The minimum absolute atomic E-state index is 0.102. The summed E-state index contributed by atoms with van der Waals surface area (Å²) in [5.41, 5.74) is 2.65. The van der Waals surface area contributed by atoms with Crippen LogP contribution in [0.25, 0.3) is 0 Å². The van der Waals surface area contributed by atoms with E-state index in [9.17, 15) is 9.59 Å². The van der Waals surface area contributed by atoms with Crippen LogP contribution in [0.15, 0.2) is 10.9 Å². The molecule has 2 amide bonds. The molecule has 3 rings (SSSR count). The normalized spacial score (nSPS) is 30.0. The number of nitrogens with zero attached hydrogens (tertiary/aromatic N) is 1. The molecule has 0 spiro atoms. The van der Waals surface area contributed by atoms with E-state index in [4.69, 9.17) is 0 Å². The van der Waals surface area contributed by atoms with E-state index in [2.05, 4.69) is 36.4 Å². The predicted octanol–water partition coefficient (Wildman–Crippen LogP) is 4.96. The maximum Gasteiger partial charge on any atom is 0.226 e. The van der Waals surface area contributed by atoms with E-state index in [0.717, 1.165) is 31.4 Å². The average molecular weight is 448 g/mol. The summed E-state index contributed by atoms with van der Waals surface area (Å²) in [7, 11) is 0. The second kappa shape index (κ2) is 11.4. The molecule has 6 heteroatoms. The van der Waals surface area contributed by atoms with Crippen LogP contribution in [0.5, 0.6) is 0 Å². The Bertz CT molecular complexity index is 706. The smallest absolute Gasteiger partial charge is 0.226 e. The molecule has 5 nitrogen and oxygen atoms in total. The van der Waals surface area contributed by atoms with Gasteiger partial charge < -0.3 is 10.6 Å². The number of carbonyl (C=O) groups excluding carboxylic acids is 2. The van der Waals surface area contributed by atoms with Crippen LogP contribution in [0.2, 0.25) is 0 Å². The molecular weight excluding hydrogens is 406 g/mol. The van der Waals surface area contributed by atoms with Gasteiger partial charge in [-0.15, -0.1) is 11.3 Å². The summed E-state index contributed by atoms with van der Waals surface area (Å²) in [5, 5.41) is 8.43. The van der Waals surface area contributed by atoms with Crippen molar-refractivity contribution in [3.8, 4) is 0 Å². The van der Waals surface area contributed by atoms with Crippen molar-refractivity contribution in [2.24, 2.45) is 29.6 Å². The molecule has 0 saturated heterocycles. The lowest BCUT2D eigenvalue weighted by Gasteiger charge is -2.40. The summed E-state index contributed by atoms with van der Waals surface area (Å²) in [4.78, 5) is 28.3. The summed E-state index contributed by atoms with van der Waals surface area (Å²) >= 11 is 1.54. The number of hydrogen-bond donors (Lipinski definition) is 2. The molecule has 31 heavy (non-hydrogen) atoms. The first-order chi connectivity index (χ1) is 14.8. The highest BCUT2D eigenvalue weighted by molar-refractivity contribution is 7.07. The van der Waals surface area contributed by atoms with Gasteiger partial charge in [0, 0.05) is 24.4 Å².